The van der Waals surface area contributed by atoms with Gasteiger partial charge in [-0.2, -0.15) is 0 Å². The van der Waals surface area contributed by atoms with Crippen LogP contribution in [-0.2, 0) is 0 Å². The summed E-state index contributed by atoms with van der Waals surface area (Å²) in [6, 6.07) is 17.8. The number of anilines is 1. The highest BCUT2D eigenvalue weighted by atomic mass is 32.1. The molecule has 1 amide bonds. The summed E-state index contributed by atoms with van der Waals surface area (Å²) in [4.78, 5) is 22.7. The first kappa shape index (κ1) is 21.1. The summed E-state index contributed by atoms with van der Waals surface area (Å²) < 4.78 is 20.4. The topological polar surface area (TPSA) is 63.5 Å². The van der Waals surface area contributed by atoms with E-state index in [0.717, 1.165) is 16.3 Å². The van der Waals surface area contributed by atoms with Crippen LogP contribution < -0.4 is 9.64 Å². The molecule has 1 aliphatic heterocycles. The summed E-state index contributed by atoms with van der Waals surface area (Å²) in [5.41, 5.74) is 1.72. The molecule has 0 bridgehead atoms. The van der Waals surface area contributed by atoms with Gasteiger partial charge in [0.1, 0.15) is 11.6 Å². The molecule has 0 aliphatic carbocycles. The number of piperazine rings is 1. The molecule has 0 unspecified atom stereocenters. The molecule has 3 heterocycles. The molecular weight excluding hydrogens is 441 g/mol. The molecule has 1 fully saturated rings. The van der Waals surface area contributed by atoms with Crippen LogP contribution >= 0.6 is 11.3 Å². The van der Waals surface area contributed by atoms with Crippen molar-refractivity contribution in [1.29, 1.82) is 0 Å². The average molecular weight is 464 g/mol. The Hall–Kier alpha value is -3.72. The van der Waals surface area contributed by atoms with E-state index in [-0.39, 0.29) is 17.5 Å². The van der Waals surface area contributed by atoms with Crippen LogP contribution in [0.3, 0.4) is 0 Å². The van der Waals surface area contributed by atoms with E-state index in [1.54, 1.807) is 28.8 Å². The number of benzene rings is 2. The van der Waals surface area contributed by atoms with Gasteiger partial charge < -0.3 is 14.5 Å². The van der Waals surface area contributed by atoms with E-state index >= 15 is 0 Å². The maximum Gasteiger partial charge on any atom is 0.293 e. The quantitative estimate of drug-likeness (QED) is 0.446. The number of nitrogens with zero attached hydrogens (tertiary/aromatic N) is 5. The average Bonchev–Trinajstić information content (AvgIpc) is 3.54. The minimum absolute atomic E-state index is 0.137. The predicted octanol–water partition coefficient (Wildman–Crippen LogP) is 4.11. The minimum atomic E-state index is -0.332. The van der Waals surface area contributed by atoms with Crippen molar-refractivity contribution in [3.05, 3.63) is 77.7 Å². The highest BCUT2D eigenvalue weighted by Crippen LogP contribution is 2.27. The highest BCUT2D eigenvalue weighted by molar-refractivity contribution is 7.13. The van der Waals surface area contributed by atoms with Gasteiger partial charge in [0.2, 0.25) is 5.82 Å². The van der Waals surface area contributed by atoms with E-state index in [2.05, 4.69) is 15.0 Å². The third-order valence-electron chi connectivity index (χ3n) is 5.60. The molecule has 168 valence electrons. The van der Waals surface area contributed by atoms with Crippen LogP contribution in [0.4, 0.5) is 10.1 Å². The molecule has 0 spiro atoms. The Bertz CT molecular complexity index is 1250. The number of aromatic nitrogens is 3. The molecule has 2 aromatic heterocycles. The van der Waals surface area contributed by atoms with Crippen molar-refractivity contribution in [2.45, 2.75) is 0 Å². The Kier molecular flexibility index (Phi) is 5.78. The van der Waals surface area contributed by atoms with E-state index in [9.17, 15) is 9.18 Å². The first-order valence-corrected chi connectivity index (χ1v) is 11.5. The predicted molar refractivity (Wildman–Crippen MR) is 126 cm³/mol. The van der Waals surface area contributed by atoms with Gasteiger partial charge in [0.15, 0.2) is 5.82 Å². The second-order valence-electron chi connectivity index (χ2n) is 7.61. The van der Waals surface area contributed by atoms with E-state index in [1.165, 1.54) is 23.5 Å². The fourth-order valence-corrected chi connectivity index (χ4v) is 4.55. The summed E-state index contributed by atoms with van der Waals surface area (Å²) >= 11 is 1.51. The van der Waals surface area contributed by atoms with E-state index in [4.69, 9.17) is 4.74 Å². The zero-order chi connectivity index (χ0) is 22.8. The number of carbonyl (C=O) groups is 1. The Morgan fingerprint density at radius 1 is 1.00 bits per heavy atom. The maximum atomic E-state index is 13.4. The van der Waals surface area contributed by atoms with Gasteiger partial charge in [-0.15, -0.1) is 16.4 Å². The van der Waals surface area contributed by atoms with Gasteiger partial charge >= 0.3 is 0 Å². The number of hydrogen-bond acceptors (Lipinski definition) is 6. The van der Waals surface area contributed by atoms with Gasteiger partial charge in [0.05, 0.1) is 17.7 Å². The molecule has 0 N–H and O–H groups in total. The second kappa shape index (κ2) is 9.03. The lowest BCUT2D eigenvalue weighted by Gasteiger charge is -2.35. The van der Waals surface area contributed by atoms with Crippen molar-refractivity contribution in [2.24, 2.45) is 0 Å². The molecule has 0 atom stereocenters. The van der Waals surface area contributed by atoms with Crippen LogP contribution in [0, 0.1) is 5.82 Å². The number of rotatable bonds is 5. The Morgan fingerprint density at radius 2 is 1.79 bits per heavy atom. The maximum absolute atomic E-state index is 13.4. The van der Waals surface area contributed by atoms with Crippen molar-refractivity contribution in [3.8, 4) is 22.1 Å². The lowest BCUT2D eigenvalue weighted by molar-refractivity contribution is 0.0734. The lowest BCUT2D eigenvalue weighted by Crippen LogP contribution is -2.49. The number of methoxy groups -OCH3 is 1. The number of hydrogen-bond donors (Lipinski definition) is 0. The third-order valence-corrected chi connectivity index (χ3v) is 6.46. The molecule has 4 aromatic rings. The van der Waals surface area contributed by atoms with Gasteiger partial charge in [0, 0.05) is 37.9 Å². The Balaban J connectivity index is 1.37. The molecule has 7 nitrogen and oxygen atoms in total. The standard InChI is InChI=1S/C24H22FN5O2S/c1-32-20-5-2-4-19(16-20)28-11-13-29(14-12-28)24(31)22-26-23(21-6-3-15-33-21)30(27-22)18-9-7-17(25)8-10-18/h2-10,15-16H,11-14H2,1H3. The van der Waals surface area contributed by atoms with Crippen LogP contribution in [-0.4, -0.2) is 58.9 Å². The van der Waals surface area contributed by atoms with Crippen molar-refractivity contribution >= 4 is 22.9 Å². The van der Waals surface area contributed by atoms with Crippen molar-refractivity contribution in [2.75, 3.05) is 38.2 Å². The van der Waals surface area contributed by atoms with E-state index in [1.807, 2.05) is 41.8 Å². The fourth-order valence-electron chi connectivity index (χ4n) is 3.85. The summed E-state index contributed by atoms with van der Waals surface area (Å²) in [5, 5.41) is 6.45. The van der Waals surface area contributed by atoms with Crippen LogP contribution in [0.25, 0.3) is 16.4 Å². The molecule has 0 saturated carbocycles. The molecule has 9 heteroatoms. The van der Waals surface area contributed by atoms with Gasteiger partial charge in [-0.1, -0.05) is 12.1 Å². The van der Waals surface area contributed by atoms with Crippen LogP contribution in [0.2, 0.25) is 0 Å². The van der Waals surface area contributed by atoms with Gasteiger partial charge in [0.25, 0.3) is 5.91 Å². The smallest absolute Gasteiger partial charge is 0.293 e. The molecule has 2 aromatic carbocycles. The van der Waals surface area contributed by atoms with E-state index in [0.29, 0.717) is 37.7 Å². The summed E-state index contributed by atoms with van der Waals surface area (Å²) in [6.45, 7) is 2.54. The van der Waals surface area contributed by atoms with Crippen LogP contribution in [0.15, 0.2) is 66.0 Å². The lowest BCUT2D eigenvalue weighted by atomic mass is 10.2. The van der Waals surface area contributed by atoms with E-state index < -0.39 is 0 Å². The van der Waals surface area contributed by atoms with Gasteiger partial charge in [-0.05, 0) is 47.8 Å². The molecule has 0 radical (unpaired) electrons. The largest absolute Gasteiger partial charge is 0.497 e. The fraction of sp³-hybridized carbons (Fsp3) is 0.208. The molecule has 1 aliphatic rings. The summed E-state index contributed by atoms with van der Waals surface area (Å²) in [7, 11) is 1.65. The van der Waals surface area contributed by atoms with Gasteiger partial charge in [-0.3, -0.25) is 4.79 Å². The number of amides is 1. The van der Waals surface area contributed by atoms with Crippen molar-refractivity contribution in [1.82, 2.24) is 19.7 Å². The normalized spacial score (nSPS) is 13.9. The first-order chi connectivity index (χ1) is 16.1. The monoisotopic (exact) mass is 463 g/mol. The Labute approximate surface area is 194 Å². The van der Waals surface area contributed by atoms with Gasteiger partial charge in [-0.25, -0.2) is 14.1 Å². The van der Waals surface area contributed by atoms with Crippen LogP contribution in [0.1, 0.15) is 10.6 Å². The summed E-state index contributed by atoms with van der Waals surface area (Å²) in [6.07, 6.45) is 0. The second-order valence-corrected chi connectivity index (χ2v) is 8.55. The third kappa shape index (κ3) is 4.31. The SMILES string of the molecule is COc1cccc(N2CCN(C(=O)c3nc(-c4cccs4)n(-c4ccc(F)cc4)n3)CC2)c1. The van der Waals surface area contributed by atoms with Crippen molar-refractivity contribution in [3.63, 3.8) is 0 Å². The first-order valence-electron chi connectivity index (χ1n) is 10.6. The Morgan fingerprint density at radius 3 is 2.48 bits per heavy atom. The zero-order valence-corrected chi connectivity index (χ0v) is 18.8. The molecule has 5 rings (SSSR count). The summed E-state index contributed by atoms with van der Waals surface area (Å²) in [5.74, 6) is 0.968. The minimum Gasteiger partial charge on any atom is -0.497 e. The highest BCUT2D eigenvalue weighted by Gasteiger charge is 2.27. The molecule has 1 saturated heterocycles. The molecule has 33 heavy (non-hydrogen) atoms. The van der Waals surface area contributed by atoms with Crippen molar-refractivity contribution < 1.29 is 13.9 Å². The number of carbonyl (C=O) groups excluding carboxylic acids is 1. The number of ether oxygens (including phenoxy) is 1. The van der Waals surface area contributed by atoms with Crippen LogP contribution in [0.5, 0.6) is 5.75 Å². The zero-order valence-electron chi connectivity index (χ0n) is 18.0. The number of thiophene rings is 1. The molecular formula is C24H22FN5O2S. The number of halogens is 1.